The van der Waals surface area contributed by atoms with Gasteiger partial charge in [0.05, 0.1) is 23.1 Å². The molecule has 4 heterocycles. The molecule has 1 saturated carbocycles. The quantitative estimate of drug-likeness (QED) is 0.687. The molecule has 1 aromatic carbocycles. The van der Waals surface area contributed by atoms with Crippen molar-refractivity contribution in [1.82, 2.24) is 30.5 Å². The summed E-state index contributed by atoms with van der Waals surface area (Å²) in [6.07, 6.45) is 5.46. The second-order valence-corrected chi connectivity index (χ2v) is 9.10. The summed E-state index contributed by atoms with van der Waals surface area (Å²) < 4.78 is 1.92. The van der Waals surface area contributed by atoms with Crippen LogP contribution >= 0.6 is 0 Å². The maximum atomic E-state index is 13.5. The third-order valence-corrected chi connectivity index (χ3v) is 7.30. The summed E-state index contributed by atoms with van der Waals surface area (Å²) in [5.41, 5.74) is 10.4. The lowest BCUT2D eigenvalue weighted by atomic mass is 9.96. The third-order valence-electron chi connectivity index (χ3n) is 7.30. The van der Waals surface area contributed by atoms with Crippen molar-refractivity contribution in [2.75, 3.05) is 6.54 Å². The summed E-state index contributed by atoms with van der Waals surface area (Å²) in [4.78, 5) is 20.6. The molecule has 2 aliphatic heterocycles. The molecule has 1 amide bonds. The largest absolute Gasteiger partial charge is 0.333 e. The number of amides is 1. The van der Waals surface area contributed by atoms with Gasteiger partial charge < -0.3 is 4.90 Å². The van der Waals surface area contributed by atoms with E-state index in [1.165, 1.54) is 6.42 Å². The number of hydrogen-bond donors (Lipinski definition) is 2. The molecule has 1 aliphatic carbocycles. The van der Waals surface area contributed by atoms with E-state index >= 15 is 0 Å². The van der Waals surface area contributed by atoms with Crippen LogP contribution in [0.2, 0.25) is 0 Å². The molecule has 4 atom stereocenters. The summed E-state index contributed by atoms with van der Waals surface area (Å²) in [5.74, 6) is 0.630. The minimum absolute atomic E-state index is 0.0265. The number of fused-ring (bicyclic) bond motifs is 2. The van der Waals surface area contributed by atoms with Crippen molar-refractivity contribution in [3.63, 3.8) is 0 Å². The van der Waals surface area contributed by atoms with Crippen LogP contribution in [0.3, 0.4) is 0 Å². The molecular formula is C24H28N6O. The smallest absolute Gasteiger partial charge is 0.241 e. The molecule has 160 valence electrons. The first-order valence-electron chi connectivity index (χ1n) is 11.4. The lowest BCUT2D eigenvalue weighted by molar-refractivity contribution is -0.135. The average molecular weight is 417 g/mol. The van der Waals surface area contributed by atoms with Gasteiger partial charge in [-0.1, -0.05) is 24.6 Å². The number of benzene rings is 1. The first-order valence-corrected chi connectivity index (χ1v) is 11.4. The molecule has 3 fully saturated rings. The van der Waals surface area contributed by atoms with E-state index in [0.29, 0.717) is 12.0 Å². The van der Waals surface area contributed by atoms with Crippen LogP contribution in [-0.2, 0) is 4.79 Å². The Bertz CT molecular complexity index is 1130. The molecule has 0 bridgehead atoms. The third kappa shape index (κ3) is 3.06. The van der Waals surface area contributed by atoms with E-state index in [2.05, 4.69) is 27.9 Å². The fraction of sp³-hybridized carbons (Fsp3) is 0.458. The number of aromatic nitrogens is 3. The van der Waals surface area contributed by atoms with Gasteiger partial charge in [0, 0.05) is 23.9 Å². The number of pyridine rings is 1. The van der Waals surface area contributed by atoms with E-state index in [1.807, 2.05) is 41.9 Å². The van der Waals surface area contributed by atoms with Crippen molar-refractivity contribution in [3.05, 3.63) is 53.9 Å². The van der Waals surface area contributed by atoms with Gasteiger partial charge in [0.25, 0.3) is 0 Å². The van der Waals surface area contributed by atoms with Crippen LogP contribution in [-0.4, -0.2) is 44.2 Å². The second-order valence-electron chi connectivity index (χ2n) is 9.10. The van der Waals surface area contributed by atoms with Crippen molar-refractivity contribution in [1.29, 1.82) is 0 Å². The van der Waals surface area contributed by atoms with E-state index in [0.717, 1.165) is 60.3 Å². The summed E-state index contributed by atoms with van der Waals surface area (Å²) in [6, 6.07) is 14.7. The van der Waals surface area contributed by atoms with Crippen LogP contribution in [0, 0.1) is 12.8 Å². The van der Waals surface area contributed by atoms with Crippen LogP contribution in [0.4, 0.5) is 0 Å². The monoisotopic (exact) mass is 416 g/mol. The Kier molecular flexibility index (Phi) is 4.54. The fourth-order valence-corrected chi connectivity index (χ4v) is 5.73. The number of aryl methyl sites for hydroxylation is 1. The van der Waals surface area contributed by atoms with Crippen LogP contribution in [0.1, 0.15) is 49.5 Å². The van der Waals surface area contributed by atoms with Gasteiger partial charge in [-0.3, -0.25) is 10.2 Å². The van der Waals surface area contributed by atoms with E-state index in [1.54, 1.807) is 0 Å². The fourth-order valence-electron chi connectivity index (χ4n) is 5.73. The van der Waals surface area contributed by atoms with E-state index in [4.69, 9.17) is 10.1 Å². The highest BCUT2D eigenvalue weighted by molar-refractivity contribution is 5.84. The summed E-state index contributed by atoms with van der Waals surface area (Å²) >= 11 is 0. The number of nitrogens with one attached hydrogen (secondary N) is 2. The number of carbonyl (C=O) groups is 1. The molecule has 3 aromatic rings. The number of likely N-dealkylation sites (tertiary alicyclic amines) is 1. The van der Waals surface area contributed by atoms with Gasteiger partial charge in [0.1, 0.15) is 6.04 Å². The summed E-state index contributed by atoms with van der Waals surface area (Å²) in [5, 5.41) is 5.79. The zero-order valence-corrected chi connectivity index (χ0v) is 17.8. The normalized spacial score (nSPS) is 27.8. The predicted octanol–water partition coefficient (Wildman–Crippen LogP) is 3.04. The number of para-hydroxylation sites is 1. The van der Waals surface area contributed by atoms with E-state index in [9.17, 15) is 4.79 Å². The maximum absolute atomic E-state index is 13.5. The number of carbonyl (C=O) groups excluding carboxylic acids is 1. The second kappa shape index (κ2) is 7.43. The Morgan fingerprint density at radius 3 is 2.77 bits per heavy atom. The van der Waals surface area contributed by atoms with Crippen LogP contribution in [0.25, 0.3) is 16.7 Å². The topological polar surface area (TPSA) is 75.1 Å². The van der Waals surface area contributed by atoms with Gasteiger partial charge in [0.15, 0.2) is 5.65 Å². The lowest BCUT2D eigenvalue weighted by Crippen LogP contribution is -2.47. The zero-order chi connectivity index (χ0) is 20.9. The van der Waals surface area contributed by atoms with Gasteiger partial charge in [-0.25, -0.2) is 15.1 Å². The standard InChI is InChI=1S/C24H28N6O/c1-15-17-12-13-20(25-23(17)30(28-15)16-7-3-2-4-8-16)21-11-6-14-29(21)24(31)22-18-9-5-10-19(18)26-27-22/h2-4,7-8,12-13,18-19,21-22,26-27H,5-6,9-11,14H2,1H3. The van der Waals surface area contributed by atoms with Gasteiger partial charge in [-0.2, -0.15) is 5.10 Å². The Morgan fingerprint density at radius 1 is 1.03 bits per heavy atom. The molecule has 4 unspecified atom stereocenters. The SMILES string of the molecule is Cc1nn(-c2ccccc2)c2nc(C3CCCN3C(=O)C3NNC4CCCC43)ccc12. The van der Waals surface area contributed by atoms with Gasteiger partial charge in [0.2, 0.25) is 5.91 Å². The van der Waals surface area contributed by atoms with Gasteiger partial charge in [-0.05, 0) is 56.9 Å². The summed E-state index contributed by atoms with van der Waals surface area (Å²) in [7, 11) is 0. The molecular weight excluding hydrogens is 388 g/mol. The van der Waals surface area contributed by atoms with E-state index < -0.39 is 0 Å². The summed E-state index contributed by atoms with van der Waals surface area (Å²) in [6.45, 7) is 2.82. The highest BCUT2D eigenvalue weighted by atomic mass is 16.2. The molecule has 7 heteroatoms. The highest BCUT2D eigenvalue weighted by Crippen LogP contribution is 2.37. The Morgan fingerprint density at radius 2 is 1.90 bits per heavy atom. The Labute approximate surface area is 181 Å². The molecule has 7 nitrogen and oxygen atoms in total. The van der Waals surface area contributed by atoms with Crippen molar-refractivity contribution in [3.8, 4) is 5.69 Å². The Balaban J connectivity index is 1.34. The number of nitrogens with zero attached hydrogens (tertiary/aromatic N) is 4. The first-order chi connectivity index (χ1) is 15.2. The molecule has 0 radical (unpaired) electrons. The minimum atomic E-state index is -0.117. The van der Waals surface area contributed by atoms with Crippen LogP contribution in [0.5, 0.6) is 0 Å². The maximum Gasteiger partial charge on any atom is 0.241 e. The van der Waals surface area contributed by atoms with Gasteiger partial charge >= 0.3 is 0 Å². The van der Waals surface area contributed by atoms with E-state index in [-0.39, 0.29) is 18.0 Å². The Hall–Kier alpha value is -2.77. The van der Waals surface area contributed by atoms with Crippen molar-refractivity contribution in [2.45, 2.75) is 57.2 Å². The predicted molar refractivity (Wildman–Crippen MR) is 118 cm³/mol. The molecule has 2 saturated heterocycles. The molecule has 31 heavy (non-hydrogen) atoms. The average Bonchev–Trinajstić information content (AvgIpc) is 3.57. The number of hydrazine groups is 1. The van der Waals surface area contributed by atoms with Gasteiger partial charge in [-0.15, -0.1) is 0 Å². The lowest BCUT2D eigenvalue weighted by Gasteiger charge is -2.28. The first kappa shape index (κ1) is 19.0. The van der Waals surface area contributed by atoms with Crippen molar-refractivity contribution < 1.29 is 4.79 Å². The zero-order valence-electron chi connectivity index (χ0n) is 17.8. The molecule has 2 N–H and O–H groups in total. The molecule has 6 rings (SSSR count). The number of hydrogen-bond acceptors (Lipinski definition) is 5. The molecule has 2 aromatic heterocycles. The van der Waals surface area contributed by atoms with Crippen LogP contribution < -0.4 is 10.9 Å². The molecule has 3 aliphatic rings. The van der Waals surface area contributed by atoms with Crippen molar-refractivity contribution in [2.24, 2.45) is 5.92 Å². The number of rotatable bonds is 3. The molecule has 0 spiro atoms. The highest BCUT2D eigenvalue weighted by Gasteiger charge is 2.46. The van der Waals surface area contributed by atoms with Crippen LogP contribution in [0.15, 0.2) is 42.5 Å². The minimum Gasteiger partial charge on any atom is -0.333 e. The van der Waals surface area contributed by atoms with Crippen molar-refractivity contribution >= 4 is 16.9 Å².